The van der Waals surface area contributed by atoms with Crippen molar-refractivity contribution in [3.8, 4) is 11.6 Å². The van der Waals surface area contributed by atoms with Crippen LogP contribution in [0.3, 0.4) is 0 Å². The second-order valence-corrected chi connectivity index (χ2v) is 7.67. The Bertz CT molecular complexity index is 768. The molecule has 3 aromatic rings. The van der Waals surface area contributed by atoms with Crippen molar-refractivity contribution < 1.29 is 4.52 Å². The van der Waals surface area contributed by atoms with E-state index in [4.69, 9.17) is 4.52 Å². The first-order valence-corrected chi connectivity index (χ1v) is 8.46. The van der Waals surface area contributed by atoms with E-state index in [-0.39, 0.29) is 0 Å². The zero-order valence-corrected chi connectivity index (χ0v) is 13.9. The van der Waals surface area contributed by atoms with Crippen LogP contribution in [0.4, 0.5) is 0 Å². The van der Waals surface area contributed by atoms with Gasteiger partial charge in [0.2, 0.25) is 17.5 Å². The molecule has 0 spiro atoms. The molecule has 6 nitrogen and oxygen atoms in total. The lowest BCUT2D eigenvalue weighted by atomic mass is 10.0. The van der Waals surface area contributed by atoms with Gasteiger partial charge in [-0.1, -0.05) is 5.16 Å². The van der Waals surface area contributed by atoms with E-state index in [2.05, 4.69) is 53.1 Å². The monoisotopic (exact) mass is 377 g/mol. The molecule has 0 aliphatic carbocycles. The molecule has 22 heavy (non-hydrogen) atoms. The Balaban J connectivity index is 1.38. The molecule has 4 heterocycles. The van der Waals surface area contributed by atoms with Crippen LogP contribution < -0.4 is 0 Å². The van der Waals surface area contributed by atoms with E-state index in [0.29, 0.717) is 23.5 Å². The van der Waals surface area contributed by atoms with Gasteiger partial charge in [-0.2, -0.15) is 4.98 Å². The molecule has 0 N–H and O–H groups in total. The number of rotatable bonds is 4. The summed E-state index contributed by atoms with van der Waals surface area (Å²) in [6, 6.07) is 6.00. The van der Waals surface area contributed by atoms with Crippen LogP contribution in [-0.4, -0.2) is 38.1 Å². The van der Waals surface area contributed by atoms with Gasteiger partial charge in [-0.15, -0.1) is 11.3 Å². The maximum atomic E-state index is 5.35. The summed E-state index contributed by atoms with van der Waals surface area (Å²) >= 11 is 5.26. The van der Waals surface area contributed by atoms with Crippen LogP contribution in [0.2, 0.25) is 0 Å². The van der Waals surface area contributed by atoms with Gasteiger partial charge in [0.25, 0.3) is 0 Å². The molecule has 1 fully saturated rings. The second kappa shape index (κ2) is 5.86. The number of hydrogen-bond acceptors (Lipinski definition) is 7. The van der Waals surface area contributed by atoms with E-state index in [1.165, 1.54) is 8.66 Å². The summed E-state index contributed by atoms with van der Waals surface area (Å²) in [4.78, 5) is 16.4. The average Bonchev–Trinajstić information content (AvgIpc) is 3.12. The Labute approximate surface area is 139 Å². The molecule has 112 valence electrons. The van der Waals surface area contributed by atoms with E-state index >= 15 is 0 Å². The van der Waals surface area contributed by atoms with Crippen molar-refractivity contribution in [1.82, 2.24) is 25.0 Å². The van der Waals surface area contributed by atoms with Crippen molar-refractivity contribution in [3.63, 3.8) is 0 Å². The molecule has 0 unspecified atom stereocenters. The van der Waals surface area contributed by atoms with Gasteiger partial charge in [-0.25, -0.2) is 9.97 Å². The summed E-state index contributed by atoms with van der Waals surface area (Å²) in [6.45, 7) is 2.84. The minimum Gasteiger partial charge on any atom is -0.338 e. The lowest BCUT2D eigenvalue weighted by Crippen LogP contribution is -2.44. The number of nitrogens with zero attached hydrogens (tertiary/aromatic N) is 5. The van der Waals surface area contributed by atoms with Crippen LogP contribution >= 0.6 is 27.3 Å². The molecule has 3 aromatic heterocycles. The zero-order valence-electron chi connectivity index (χ0n) is 11.5. The minimum absolute atomic E-state index is 0.299. The average molecular weight is 378 g/mol. The van der Waals surface area contributed by atoms with Crippen LogP contribution in [0, 0.1) is 0 Å². The highest BCUT2D eigenvalue weighted by Crippen LogP contribution is 2.30. The molecule has 0 radical (unpaired) electrons. The van der Waals surface area contributed by atoms with Gasteiger partial charge < -0.3 is 4.52 Å². The number of likely N-dealkylation sites (tertiary alicyclic amines) is 1. The third-order valence-corrected chi connectivity index (χ3v) is 5.13. The molecule has 0 atom stereocenters. The molecule has 0 aromatic carbocycles. The fourth-order valence-electron chi connectivity index (χ4n) is 2.42. The SMILES string of the molecule is Brc1ccc(CN2CC(c3nc(-c4ncccn4)no3)C2)s1. The largest absolute Gasteiger partial charge is 0.338 e. The first kappa shape index (κ1) is 14.0. The Kier molecular flexibility index (Phi) is 3.73. The smallest absolute Gasteiger partial charge is 0.240 e. The summed E-state index contributed by atoms with van der Waals surface area (Å²) in [7, 11) is 0. The van der Waals surface area contributed by atoms with Crippen molar-refractivity contribution >= 4 is 27.3 Å². The molecular formula is C14H12BrN5OS. The highest BCUT2D eigenvalue weighted by atomic mass is 79.9. The Morgan fingerprint density at radius 3 is 2.77 bits per heavy atom. The van der Waals surface area contributed by atoms with E-state index in [1.54, 1.807) is 29.8 Å². The Morgan fingerprint density at radius 1 is 1.23 bits per heavy atom. The van der Waals surface area contributed by atoms with E-state index < -0.39 is 0 Å². The van der Waals surface area contributed by atoms with Crippen molar-refractivity contribution in [2.75, 3.05) is 13.1 Å². The van der Waals surface area contributed by atoms with Crippen molar-refractivity contribution in [3.05, 3.63) is 45.1 Å². The van der Waals surface area contributed by atoms with Crippen LogP contribution in [0.1, 0.15) is 16.7 Å². The fourth-order valence-corrected chi connectivity index (χ4v) is 3.94. The highest BCUT2D eigenvalue weighted by molar-refractivity contribution is 9.11. The van der Waals surface area contributed by atoms with E-state index in [1.807, 2.05) is 0 Å². The summed E-state index contributed by atoms with van der Waals surface area (Å²) in [6.07, 6.45) is 3.34. The first-order valence-electron chi connectivity index (χ1n) is 6.85. The second-order valence-electron chi connectivity index (χ2n) is 5.13. The summed E-state index contributed by atoms with van der Waals surface area (Å²) < 4.78 is 6.52. The minimum atomic E-state index is 0.299. The van der Waals surface area contributed by atoms with E-state index in [9.17, 15) is 0 Å². The van der Waals surface area contributed by atoms with Crippen molar-refractivity contribution in [2.24, 2.45) is 0 Å². The fraction of sp³-hybridized carbons (Fsp3) is 0.286. The predicted octanol–water partition coefficient (Wildman–Crippen LogP) is 2.95. The number of aromatic nitrogens is 4. The number of halogens is 1. The van der Waals surface area contributed by atoms with Gasteiger partial charge in [0, 0.05) is 36.9 Å². The van der Waals surface area contributed by atoms with Crippen molar-refractivity contribution in [2.45, 2.75) is 12.5 Å². The van der Waals surface area contributed by atoms with E-state index in [0.717, 1.165) is 19.6 Å². The summed E-state index contributed by atoms with van der Waals surface area (Å²) in [5.74, 6) is 1.92. The topological polar surface area (TPSA) is 67.9 Å². The lowest BCUT2D eigenvalue weighted by molar-refractivity contribution is 0.118. The predicted molar refractivity (Wildman–Crippen MR) is 85.4 cm³/mol. The Morgan fingerprint density at radius 2 is 2.05 bits per heavy atom. The highest BCUT2D eigenvalue weighted by Gasteiger charge is 2.33. The van der Waals surface area contributed by atoms with Crippen LogP contribution in [0.15, 0.2) is 38.9 Å². The van der Waals surface area contributed by atoms with Gasteiger partial charge >= 0.3 is 0 Å². The molecule has 0 saturated carbocycles. The normalized spacial score (nSPS) is 15.9. The maximum Gasteiger partial charge on any atom is 0.240 e. The molecule has 0 bridgehead atoms. The lowest BCUT2D eigenvalue weighted by Gasteiger charge is -2.36. The van der Waals surface area contributed by atoms with Gasteiger partial charge in [0.15, 0.2) is 0 Å². The number of thiophene rings is 1. The molecule has 8 heteroatoms. The summed E-state index contributed by atoms with van der Waals surface area (Å²) in [5.41, 5.74) is 0. The molecule has 1 aliphatic heterocycles. The zero-order chi connectivity index (χ0) is 14.9. The van der Waals surface area contributed by atoms with Crippen molar-refractivity contribution in [1.29, 1.82) is 0 Å². The Hall–Kier alpha value is -1.64. The standard InChI is InChI=1S/C14H12BrN5OS/c15-11-3-2-10(22-11)8-20-6-9(7-20)14-18-13(19-21-14)12-16-4-1-5-17-12/h1-5,9H,6-8H2. The maximum absolute atomic E-state index is 5.35. The third-order valence-electron chi connectivity index (χ3n) is 3.52. The molecular weight excluding hydrogens is 366 g/mol. The van der Waals surface area contributed by atoms with Crippen LogP contribution in [0.5, 0.6) is 0 Å². The molecule has 1 aliphatic rings. The molecule has 0 amide bonds. The van der Waals surface area contributed by atoms with Crippen LogP contribution in [0.25, 0.3) is 11.6 Å². The molecule has 1 saturated heterocycles. The quantitative estimate of drug-likeness (QED) is 0.696. The van der Waals surface area contributed by atoms with Gasteiger partial charge in [0.05, 0.1) is 9.70 Å². The number of hydrogen-bond donors (Lipinski definition) is 0. The van der Waals surface area contributed by atoms with Crippen LogP contribution in [-0.2, 0) is 6.54 Å². The van der Waals surface area contributed by atoms with Gasteiger partial charge in [-0.3, -0.25) is 4.90 Å². The van der Waals surface area contributed by atoms with Gasteiger partial charge in [0.1, 0.15) is 0 Å². The third kappa shape index (κ3) is 2.81. The molecule has 4 rings (SSSR count). The van der Waals surface area contributed by atoms with Gasteiger partial charge in [-0.05, 0) is 34.1 Å². The summed E-state index contributed by atoms with van der Waals surface area (Å²) in [5, 5.41) is 3.97. The first-order chi connectivity index (χ1) is 10.8.